The smallest absolute Gasteiger partial charge is 0.209 e. The number of nitrogens with two attached hydrogens (primary N) is 1. The molecule has 3 N–H and O–H groups in total. The molecule has 1 unspecified atom stereocenters. The van der Waals surface area contributed by atoms with Gasteiger partial charge in [0.25, 0.3) is 0 Å². The number of carbonyl (C=O) groups is 1. The Morgan fingerprint density at radius 1 is 1.60 bits per heavy atom. The molecule has 1 aliphatic rings. The lowest BCUT2D eigenvalue weighted by molar-refractivity contribution is -0.120. The SMILES string of the molecule is CC1=C(O)C(=O)C(CCS(N)(=O)=O)C=N1. The minimum absolute atomic E-state index is 0.0402. The van der Waals surface area contributed by atoms with Gasteiger partial charge in [0.1, 0.15) is 0 Å². The molecule has 1 aliphatic heterocycles. The van der Waals surface area contributed by atoms with Gasteiger partial charge in [-0.05, 0) is 13.3 Å². The van der Waals surface area contributed by atoms with Gasteiger partial charge in [-0.2, -0.15) is 0 Å². The van der Waals surface area contributed by atoms with Crippen LogP contribution in [0.5, 0.6) is 0 Å². The molecule has 15 heavy (non-hydrogen) atoms. The van der Waals surface area contributed by atoms with Gasteiger partial charge < -0.3 is 5.11 Å². The van der Waals surface area contributed by atoms with Crippen molar-refractivity contribution in [3.63, 3.8) is 0 Å². The normalized spacial score (nSPS) is 22.3. The third-order valence-electron chi connectivity index (χ3n) is 2.07. The lowest BCUT2D eigenvalue weighted by atomic mass is 9.98. The first kappa shape index (κ1) is 11.9. The first-order valence-electron chi connectivity index (χ1n) is 4.30. The number of Topliss-reactive ketones (excluding diaryl/α,β-unsaturated/α-hetero) is 1. The van der Waals surface area contributed by atoms with Gasteiger partial charge in [-0.15, -0.1) is 0 Å². The summed E-state index contributed by atoms with van der Waals surface area (Å²) in [6.07, 6.45) is 1.38. The highest BCUT2D eigenvalue weighted by Gasteiger charge is 2.26. The van der Waals surface area contributed by atoms with Gasteiger partial charge in [0.2, 0.25) is 15.8 Å². The van der Waals surface area contributed by atoms with Crippen LogP contribution in [0.3, 0.4) is 0 Å². The molecule has 0 aliphatic carbocycles. The van der Waals surface area contributed by atoms with Crippen LogP contribution in [0.4, 0.5) is 0 Å². The Morgan fingerprint density at radius 2 is 2.20 bits per heavy atom. The molecule has 0 saturated heterocycles. The number of hydrogen-bond donors (Lipinski definition) is 2. The quantitative estimate of drug-likeness (QED) is 0.697. The summed E-state index contributed by atoms with van der Waals surface area (Å²) in [6.45, 7) is 1.50. The van der Waals surface area contributed by atoms with Gasteiger partial charge in [-0.25, -0.2) is 13.6 Å². The van der Waals surface area contributed by atoms with Crippen molar-refractivity contribution >= 4 is 22.0 Å². The standard InChI is InChI=1S/C8H12N2O4S/c1-5-7(11)8(12)6(4-10-5)2-3-15(9,13)14/h4,6,11H,2-3H2,1H3,(H2,9,13,14). The van der Waals surface area contributed by atoms with Crippen LogP contribution in [-0.4, -0.2) is 31.3 Å². The summed E-state index contributed by atoms with van der Waals surface area (Å²) >= 11 is 0. The topological polar surface area (TPSA) is 110 Å². The summed E-state index contributed by atoms with van der Waals surface area (Å²) in [6, 6.07) is 0. The van der Waals surface area contributed by atoms with Gasteiger partial charge >= 0.3 is 0 Å². The Hall–Kier alpha value is -1.21. The van der Waals surface area contributed by atoms with E-state index in [1.807, 2.05) is 0 Å². The fourth-order valence-corrected chi connectivity index (χ4v) is 1.76. The van der Waals surface area contributed by atoms with E-state index in [1.54, 1.807) is 0 Å². The number of sulfonamides is 1. The molecule has 0 spiro atoms. The number of carbonyl (C=O) groups excluding carboxylic acids is 1. The van der Waals surface area contributed by atoms with Crippen LogP contribution in [0.2, 0.25) is 0 Å². The average Bonchev–Trinajstić information content (AvgIpc) is 2.12. The molecule has 0 aromatic heterocycles. The fraction of sp³-hybridized carbons (Fsp3) is 0.500. The molecule has 0 radical (unpaired) electrons. The Bertz CT molecular complexity index is 436. The Labute approximate surface area is 87.6 Å². The number of primary sulfonamides is 1. The Balaban J connectivity index is 2.70. The second kappa shape index (κ2) is 4.11. The van der Waals surface area contributed by atoms with Gasteiger partial charge in [0, 0.05) is 6.21 Å². The fourth-order valence-electron chi connectivity index (χ4n) is 1.18. The molecule has 0 aromatic carbocycles. The number of rotatable bonds is 3. The molecule has 6 nitrogen and oxygen atoms in total. The molecular formula is C8H12N2O4S. The minimum Gasteiger partial charge on any atom is -0.503 e. The second-order valence-corrected chi connectivity index (χ2v) is 5.07. The van der Waals surface area contributed by atoms with Gasteiger partial charge in [0.15, 0.2) is 5.76 Å². The largest absolute Gasteiger partial charge is 0.503 e. The highest BCUT2D eigenvalue weighted by atomic mass is 32.2. The average molecular weight is 232 g/mol. The van der Waals surface area contributed by atoms with E-state index >= 15 is 0 Å². The summed E-state index contributed by atoms with van der Waals surface area (Å²) < 4.78 is 21.3. The van der Waals surface area contributed by atoms with E-state index < -0.39 is 27.5 Å². The summed E-state index contributed by atoms with van der Waals surface area (Å²) in [4.78, 5) is 15.2. The van der Waals surface area contributed by atoms with Crippen molar-refractivity contribution < 1.29 is 18.3 Å². The van der Waals surface area contributed by atoms with Crippen LogP contribution in [0.1, 0.15) is 13.3 Å². The van der Waals surface area contributed by atoms with Crippen molar-refractivity contribution in [1.82, 2.24) is 0 Å². The van der Waals surface area contributed by atoms with Crippen LogP contribution < -0.4 is 5.14 Å². The molecule has 0 aromatic rings. The molecule has 0 fully saturated rings. The summed E-state index contributed by atoms with van der Waals surface area (Å²) in [5.41, 5.74) is 0.242. The van der Waals surface area contributed by atoms with E-state index in [9.17, 15) is 18.3 Å². The molecule has 0 saturated carbocycles. The van der Waals surface area contributed by atoms with Crippen LogP contribution in [-0.2, 0) is 14.8 Å². The first-order valence-corrected chi connectivity index (χ1v) is 6.01. The summed E-state index contributed by atoms with van der Waals surface area (Å²) in [7, 11) is -3.59. The highest BCUT2D eigenvalue weighted by molar-refractivity contribution is 7.89. The Morgan fingerprint density at radius 3 is 2.73 bits per heavy atom. The summed E-state index contributed by atoms with van der Waals surface area (Å²) in [5, 5.41) is 14.1. The van der Waals surface area contributed by atoms with Gasteiger partial charge in [0.05, 0.1) is 17.4 Å². The van der Waals surface area contributed by atoms with E-state index in [0.29, 0.717) is 0 Å². The predicted molar refractivity (Wildman–Crippen MR) is 54.9 cm³/mol. The molecular weight excluding hydrogens is 220 g/mol. The van der Waals surface area contributed by atoms with Crippen LogP contribution >= 0.6 is 0 Å². The number of aliphatic imine (C=N–C) groups is 1. The minimum atomic E-state index is -3.59. The predicted octanol–water partition coefficient (Wildman–Crippen LogP) is -0.276. The third kappa shape index (κ3) is 3.14. The van der Waals surface area contributed by atoms with Crippen molar-refractivity contribution in [2.75, 3.05) is 5.75 Å². The van der Waals surface area contributed by atoms with E-state index in [2.05, 4.69) is 4.99 Å². The van der Waals surface area contributed by atoms with E-state index in [0.717, 1.165) is 0 Å². The number of ketones is 1. The molecule has 0 bridgehead atoms. The first-order chi connectivity index (χ1) is 6.81. The maximum absolute atomic E-state index is 11.4. The molecule has 0 amide bonds. The van der Waals surface area contributed by atoms with E-state index in [1.165, 1.54) is 13.1 Å². The number of allylic oxidation sites excluding steroid dienone is 2. The van der Waals surface area contributed by atoms with E-state index in [-0.39, 0.29) is 17.9 Å². The zero-order valence-electron chi connectivity index (χ0n) is 8.17. The van der Waals surface area contributed by atoms with Crippen LogP contribution in [0.25, 0.3) is 0 Å². The third-order valence-corrected chi connectivity index (χ3v) is 2.88. The lowest BCUT2D eigenvalue weighted by Crippen LogP contribution is -2.26. The summed E-state index contributed by atoms with van der Waals surface area (Å²) in [5.74, 6) is -1.92. The maximum atomic E-state index is 11.4. The lowest BCUT2D eigenvalue weighted by Gasteiger charge is -2.14. The van der Waals surface area contributed by atoms with Crippen LogP contribution in [0.15, 0.2) is 16.4 Å². The van der Waals surface area contributed by atoms with Crippen molar-refractivity contribution in [2.45, 2.75) is 13.3 Å². The van der Waals surface area contributed by atoms with Crippen LogP contribution in [0, 0.1) is 5.92 Å². The molecule has 1 rings (SSSR count). The van der Waals surface area contributed by atoms with Crippen molar-refractivity contribution in [1.29, 1.82) is 0 Å². The highest BCUT2D eigenvalue weighted by Crippen LogP contribution is 2.17. The van der Waals surface area contributed by atoms with Gasteiger partial charge in [-0.1, -0.05) is 0 Å². The Kier molecular flexibility index (Phi) is 3.25. The molecule has 84 valence electrons. The van der Waals surface area contributed by atoms with E-state index in [4.69, 9.17) is 5.14 Å². The van der Waals surface area contributed by atoms with Crippen molar-refractivity contribution in [2.24, 2.45) is 16.0 Å². The zero-order valence-corrected chi connectivity index (χ0v) is 8.99. The molecule has 1 atom stereocenters. The number of nitrogens with zero attached hydrogens (tertiary/aromatic N) is 1. The molecule has 7 heteroatoms. The maximum Gasteiger partial charge on any atom is 0.209 e. The number of hydrogen-bond acceptors (Lipinski definition) is 5. The van der Waals surface area contributed by atoms with Crippen molar-refractivity contribution in [3.05, 3.63) is 11.5 Å². The zero-order chi connectivity index (χ0) is 11.6. The van der Waals surface area contributed by atoms with Gasteiger partial charge in [-0.3, -0.25) is 9.79 Å². The monoisotopic (exact) mass is 232 g/mol. The molecule has 1 heterocycles. The number of aliphatic hydroxyl groups is 1. The number of aliphatic hydroxyl groups excluding tert-OH is 1. The second-order valence-electron chi connectivity index (χ2n) is 3.34. The van der Waals surface area contributed by atoms with Crippen molar-refractivity contribution in [3.8, 4) is 0 Å².